The topological polar surface area (TPSA) is 66.9 Å². The van der Waals surface area contributed by atoms with Gasteiger partial charge >= 0.3 is 0 Å². The van der Waals surface area contributed by atoms with Crippen molar-refractivity contribution in [2.75, 3.05) is 5.32 Å². The fourth-order valence-corrected chi connectivity index (χ4v) is 2.38. The molecule has 5 nitrogen and oxygen atoms in total. The zero-order valence-corrected chi connectivity index (χ0v) is 14.7. The number of nitrogens with zero attached hydrogens (tertiary/aromatic N) is 2. The van der Waals surface area contributed by atoms with Crippen LogP contribution < -0.4 is 10.6 Å². The highest BCUT2D eigenvalue weighted by Crippen LogP contribution is 2.21. The van der Waals surface area contributed by atoms with Crippen LogP contribution in [0.3, 0.4) is 0 Å². The number of benzene rings is 2. The molecule has 26 heavy (non-hydrogen) atoms. The molecule has 3 rings (SSSR count). The summed E-state index contributed by atoms with van der Waals surface area (Å²) in [5.74, 6) is -0.483. The van der Waals surface area contributed by atoms with Crippen molar-refractivity contribution in [2.45, 2.75) is 13.5 Å². The van der Waals surface area contributed by atoms with Crippen molar-refractivity contribution in [3.8, 4) is 0 Å². The van der Waals surface area contributed by atoms with Gasteiger partial charge in [-0.05, 0) is 30.7 Å². The second-order valence-corrected chi connectivity index (χ2v) is 6.12. The number of rotatable bonds is 5. The number of halogens is 2. The van der Waals surface area contributed by atoms with E-state index in [0.717, 1.165) is 5.56 Å². The Bertz CT molecular complexity index is 914. The van der Waals surface area contributed by atoms with Gasteiger partial charge in [-0.15, -0.1) is 0 Å². The molecule has 0 spiro atoms. The number of aryl methyl sites for hydroxylation is 1. The lowest BCUT2D eigenvalue weighted by atomic mass is 10.1. The number of amides is 1. The minimum absolute atomic E-state index is 0.00195. The molecule has 0 fully saturated rings. The highest BCUT2D eigenvalue weighted by atomic mass is 35.5. The molecule has 0 aliphatic rings. The molecule has 0 radical (unpaired) electrons. The van der Waals surface area contributed by atoms with Crippen LogP contribution in [0.25, 0.3) is 0 Å². The molecule has 1 heterocycles. The molecule has 0 aliphatic heterocycles. The van der Waals surface area contributed by atoms with E-state index in [4.69, 9.17) is 11.6 Å². The molecule has 2 N–H and O–H groups in total. The van der Waals surface area contributed by atoms with Gasteiger partial charge in [0.15, 0.2) is 0 Å². The van der Waals surface area contributed by atoms with Crippen molar-refractivity contribution in [1.29, 1.82) is 0 Å². The Kier molecular flexibility index (Phi) is 5.43. The first-order valence-corrected chi connectivity index (χ1v) is 8.27. The molecule has 0 aliphatic carbocycles. The molecule has 7 heteroatoms. The molecule has 0 saturated heterocycles. The Balaban J connectivity index is 1.60. The van der Waals surface area contributed by atoms with E-state index in [1.165, 1.54) is 36.2 Å². The summed E-state index contributed by atoms with van der Waals surface area (Å²) in [5, 5.41) is 5.72. The molecule has 132 valence electrons. The highest BCUT2D eigenvalue weighted by molar-refractivity contribution is 6.31. The fourth-order valence-electron chi connectivity index (χ4n) is 2.20. The lowest BCUT2D eigenvalue weighted by Crippen LogP contribution is -2.23. The smallest absolute Gasteiger partial charge is 0.254 e. The molecular formula is C19H16ClFN4O. The van der Waals surface area contributed by atoms with E-state index in [1.807, 2.05) is 31.2 Å². The summed E-state index contributed by atoms with van der Waals surface area (Å²) in [6, 6.07) is 12.1. The summed E-state index contributed by atoms with van der Waals surface area (Å²) in [6.07, 6.45) is 2.84. The van der Waals surface area contributed by atoms with E-state index in [1.54, 1.807) is 0 Å². The lowest BCUT2D eigenvalue weighted by Gasteiger charge is -2.07. The Morgan fingerprint density at radius 1 is 1.12 bits per heavy atom. The van der Waals surface area contributed by atoms with Gasteiger partial charge < -0.3 is 10.6 Å². The van der Waals surface area contributed by atoms with Gasteiger partial charge in [-0.3, -0.25) is 4.79 Å². The maximum Gasteiger partial charge on any atom is 0.254 e. The molecule has 1 amide bonds. The SMILES string of the molecule is Cc1ccc(CNC(=O)c2cnc(Nc3ccc(F)c(Cl)c3)nc2)cc1. The Hall–Kier alpha value is -2.99. The van der Waals surface area contributed by atoms with Crippen LogP contribution in [0.4, 0.5) is 16.0 Å². The van der Waals surface area contributed by atoms with E-state index < -0.39 is 5.82 Å². The minimum Gasteiger partial charge on any atom is -0.348 e. The Morgan fingerprint density at radius 3 is 2.46 bits per heavy atom. The van der Waals surface area contributed by atoms with Crippen LogP contribution in [-0.4, -0.2) is 15.9 Å². The summed E-state index contributed by atoms with van der Waals surface area (Å²) >= 11 is 5.73. The Morgan fingerprint density at radius 2 is 1.81 bits per heavy atom. The minimum atomic E-state index is -0.501. The van der Waals surface area contributed by atoms with Crippen molar-refractivity contribution in [3.05, 3.63) is 82.4 Å². The number of anilines is 2. The molecular weight excluding hydrogens is 355 g/mol. The van der Waals surface area contributed by atoms with E-state index >= 15 is 0 Å². The number of aromatic nitrogens is 2. The van der Waals surface area contributed by atoms with Crippen LogP contribution >= 0.6 is 11.6 Å². The van der Waals surface area contributed by atoms with Crippen molar-refractivity contribution in [2.24, 2.45) is 0 Å². The summed E-state index contributed by atoms with van der Waals surface area (Å²) in [5.41, 5.74) is 3.07. The van der Waals surface area contributed by atoms with E-state index in [0.29, 0.717) is 17.8 Å². The molecule has 0 saturated carbocycles. The van der Waals surface area contributed by atoms with E-state index in [-0.39, 0.29) is 16.9 Å². The van der Waals surface area contributed by atoms with Crippen LogP contribution in [0.15, 0.2) is 54.9 Å². The van der Waals surface area contributed by atoms with Crippen LogP contribution in [-0.2, 0) is 6.54 Å². The molecule has 0 bridgehead atoms. The molecule has 3 aromatic rings. The van der Waals surface area contributed by atoms with Gasteiger partial charge in [0.05, 0.1) is 10.6 Å². The predicted molar refractivity (Wildman–Crippen MR) is 99.1 cm³/mol. The third-order valence-electron chi connectivity index (χ3n) is 3.66. The van der Waals surface area contributed by atoms with Crippen LogP contribution in [0.2, 0.25) is 5.02 Å². The molecule has 2 aromatic carbocycles. The van der Waals surface area contributed by atoms with Crippen molar-refractivity contribution in [1.82, 2.24) is 15.3 Å². The number of hydrogen-bond donors (Lipinski definition) is 2. The average molecular weight is 371 g/mol. The highest BCUT2D eigenvalue weighted by Gasteiger charge is 2.08. The number of nitrogens with one attached hydrogen (secondary N) is 2. The maximum absolute atomic E-state index is 13.2. The van der Waals surface area contributed by atoms with Gasteiger partial charge in [0, 0.05) is 24.6 Å². The zero-order chi connectivity index (χ0) is 18.5. The quantitative estimate of drug-likeness (QED) is 0.704. The summed E-state index contributed by atoms with van der Waals surface area (Å²) in [6.45, 7) is 2.43. The van der Waals surface area contributed by atoms with E-state index in [9.17, 15) is 9.18 Å². The summed E-state index contributed by atoms with van der Waals surface area (Å²) in [4.78, 5) is 20.4. The first-order valence-electron chi connectivity index (χ1n) is 7.89. The molecule has 0 atom stereocenters. The molecule has 1 aromatic heterocycles. The number of hydrogen-bond acceptors (Lipinski definition) is 4. The summed E-state index contributed by atoms with van der Waals surface area (Å²) in [7, 11) is 0. The van der Waals surface area contributed by atoms with Gasteiger partial charge in [0.1, 0.15) is 5.82 Å². The predicted octanol–water partition coefficient (Wildman–Crippen LogP) is 4.25. The van der Waals surface area contributed by atoms with Crippen LogP contribution in [0.1, 0.15) is 21.5 Å². The Labute approximate surface area is 155 Å². The first-order chi connectivity index (χ1) is 12.5. The monoisotopic (exact) mass is 370 g/mol. The lowest BCUT2D eigenvalue weighted by molar-refractivity contribution is 0.0950. The zero-order valence-electron chi connectivity index (χ0n) is 14.0. The van der Waals surface area contributed by atoms with Gasteiger partial charge in [-0.1, -0.05) is 41.4 Å². The van der Waals surface area contributed by atoms with Crippen molar-refractivity contribution < 1.29 is 9.18 Å². The standard InChI is InChI=1S/C19H16ClFN4O/c1-12-2-4-13(5-3-12)9-22-18(26)14-10-23-19(24-11-14)25-15-6-7-17(21)16(20)8-15/h2-8,10-11H,9H2,1H3,(H,22,26)(H,23,24,25). The average Bonchev–Trinajstić information content (AvgIpc) is 2.65. The van der Waals surface area contributed by atoms with Crippen LogP contribution in [0.5, 0.6) is 0 Å². The normalized spacial score (nSPS) is 10.4. The third-order valence-corrected chi connectivity index (χ3v) is 3.95. The van der Waals surface area contributed by atoms with Crippen molar-refractivity contribution in [3.63, 3.8) is 0 Å². The van der Waals surface area contributed by atoms with Gasteiger partial charge in [-0.2, -0.15) is 0 Å². The van der Waals surface area contributed by atoms with Crippen LogP contribution in [0, 0.1) is 12.7 Å². The van der Waals surface area contributed by atoms with Gasteiger partial charge in [0.2, 0.25) is 5.95 Å². The number of carbonyl (C=O) groups is 1. The second kappa shape index (κ2) is 7.93. The fraction of sp³-hybridized carbons (Fsp3) is 0.105. The van der Waals surface area contributed by atoms with Gasteiger partial charge in [0.25, 0.3) is 5.91 Å². The summed E-state index contributed by atoms with van der Waals surface area (Å²) < 4.78 is 13.2. The second-order valence-electron chi connectivity index (χ2n) is 5.72. The third kappa shape index (κ3) is 4.55. The first kappa shape index (κ1) is 17.8. The maximum atomic E-state index is 13.2. The molecule has 0 unspecified atom stereocenters. The number of carbonyl (C=O) groups excluding carboxylic acids is 1. The largest absolute Gasteiger partial charge is 0.348 e. The van der Waals surface area contributed by atoms with E-state index in [2.05, 4.69) is 20.6 Å². The van der Waals surface area contributed by atoms with Crippen molar-refractivity contribution >= 4 is 29.1 Å². The van der Waals surface area contributed by atoms with Gasteiger partial charge in [-0.25, -0.2) is 14.4 Å².